The minimum Gasteiger partial charge on any atom is -0.497 e. The maximum atomic E-state index is 5.95. The molecule has 1 heterocycles. The van der Waals surface area contributed by atoms with Crippen LogP contribution in [0.15, 0.2) is 48.5 Å². The van der Waals surface area contributed by atoms with Crippen molar-refractivity contribution in [2.75, 3.05) is 20.2 Å². The summed E-state index contributed by atoms with van der Waals surface area (Å²) in [7, 11) is 1.71. The molecule has 1 unspecified atom stereocenters. The van der Waals surface area contributed by atoms with Gasteiger partial charge in [0.15, 0.2) is 0 Å². The average Bonchev–Trinajstić information content (AvgIpc) is 2.96. The van der Waals surface area contributed by atoms with Crippen LogP contribution in [0.4, 0.5) is 0 Å². The third kappa shape index (κ3) is 4.21. The van der Waals surface area contributed by atoms with E-state index in [4.69, 9.17) is 10.5 Å². The van der Waals surface area contributed by atoms with E-state index >= 15 is 0 Å². The lowest BCUT2D eigenvalue weighted by molar-refractivity contribution is 0.415. The number of aryl methyl sites for hydroxylation is 1. The van der Waals surface area contributed by atoms with Gasteiger partial charge in [-0.05, 0) is 55.6 Å². The number of hydrogen-bond donors (Lipinski definition) is 3. The summed E-state index contributed by atoms with van der Waals surface area (Å²) >= 11 is 0. The molecule has 4 nitrogen and oxygen atoms in total. The van der Waals surface area contributed by atoms with E-state index in [-0.39, 0.29) is 0 Å². The van der Waals surface area contributed by atoms with Gasteiger partial charge in [-0.25, -0.2) is 0 Å². The van der Waals surface area contributed by atoms with Gasteiger partial charge in [0.25, 0.3) is 0 Å². The summed E-state index contributed by atoms with van der Waals surface area (Å²) in [6.07, 6.45) is 1.92. The summed E-state index contributed by atoms with van der Waals surface area (Å²) in [5, 5.41) is 4.85. The standard InChI is InChI=1S/C21H27N3O/c1-15-19(20-13-18(25-2)8-9-21(20)24-15)10-11-23-17(14-22)12-16-6-4-3-5-7-16/h3-9,13,17,23-24H,10-12,14,22H2,1-2H3. The molecule has 4 heteroatoms. The van der Waals surface area contributed by atoms with Gasteiger partial charge in [0.2, 0.25) is 0 Å². The van der Waals surface area contributed by atoms with Crippen LogP contribution >= 0.6 is 0 Å². The second-order valence-electron chi connectivity index (χ2n) is 6.47. The highest BCUT2D eigenvalue weighted by Gasteiger charge is 2.11. The Labute approximate surface area is 149 Å². The van der Waals surface area contributed by atoms with E-state index < -0.39 is 0 Å². The molecule has 3 rings (SSSR count). The summed E-state index contributed by atoms with van der Waals surface area (Å²) in [4.78, 5) is 3.46. The molecular weight excluding hydrogens is 310 g/mol. The molecule has 0 saturated carbocycles. The molecule has 0 bridgehead atoms. The van der Waals surface area contributed by atoms with Crippen LogP contribution in [-0.2, 0) is 12.8 Å². The highest BCUT2D eigenvalue weighted by atomic mass is 16.5. The first-order chi connectivity index (χ1) is 12.2. The second-order valence-corrected chi connectivity index (χ2v) is 6.47. The predicted octanol–water partition coefficient (Wildman–Crippen LogP) is 3.19. The third-order valence-electron chi connectivity index (χ3n) is 4.74. The van der Waals surface area contributed by atoms with Crippen LogP contribution in [-0.4, -0.2) is 31.2 Å². The van der Waals surface area contributed by atoms with Crippen molar-refractivity contribution in [3.05, 3.63) is 65.4 Å². The number of hydrogen-bond acceptors (Lipinski definition) is 3. The largest absolute Gasteiger partial charge is 0.497 e. The average molecular weight is 337 g/mol. The van der Waals surface area contributed by atoms with Gasteiger partial charge in [0.1, 0.15) is 5.75 Å². The Morgan fingerprint density at radius 2 is 1.96 bits per heavy atom. The van der Waals surface area contributed by atoms with Crippen molar-refractivity contribution in [2.24, 2.45) is 5.73 Å². The smallest absolute Gasteiger partial charge is 0.119 e. The van der Waals surface area contributed by atoms with Gasteiger partial charge in [-0.15, -0.1) is 0 Å². The lowest BCUT2D eigenvalue weighted by Gasteiger charge is -2.17. The van der Waals surface area contributed by atoms with Crippen molar-refractivity contribution < 1.29 is 4.74 Å². The predicted molar refractivity (Wildman–Crippen MR) is 104 cm³/mol. The molecule has 0 aliphatic rings. The number of benzene rings is 2. The number of fused-ring (bicyclic) bond motifs is 1. The number of nitrogens with one attached hydrogen (secondary N) is 2. The van der Waals surface area contributed by atoms with Crippen LogP contribution in [0.1, 0.15) is 16.8 Å². The molecule has 1 aromatic heterocycles. The molecule has 3 aromatic rings. The highest BCUT2D eigenvalue weighted by Crippen LogP contribution is 2.26. The fraction of sp³-hybridized carbons (Fsp3) is 0.333. The molecule has 132 valence electrons. The van der Waals surface area contributed by atoms with Crippen LogP contribution < -0.4 is 15.8 Å². The topological polar surface area (TPSA) is 63.1 Å². The molecule has 0 saturated heterocycles. The van der Waals surface area contributed by atoms with Crippen molar-refractivity contribution in [1.82, 2.24) is 10.3 Å². The van der Waals surface area contributed by atoms with E-state index in [1.807, 2.05) is 12.1 Å². The van der Waals surface area contributed by atoms with Gasteiger partial charge in [-0.2, -0.15) is 0 Å². The number of ether oxygens (including phenoxy) is 1. The van der Waals surface area contributed by atoms with E-state index in [0.29, 0.717) is 12.6 Å². The minimum atomic E-state index is 0.294. The Hall–Kier alpha value is -2.30. The Bertz CT molecular complexity index is 811. The zero-order valence-electron chi connectivity index (χ0n) is 15.0. The number of aromatic nitrogens is 1. The Morgan fingerprint density at radius 1 is 1.16 bits per heavy atom. The van der Waals surface area contributed by atoms with E-state index in [9.17, 15) is 0 Å². The van der Waals surface area contributed by atoms with Gasteiger partial charge < -0.3 is 20.8 Å². The second kappa shape index (κ2) is 8.19. The number of rotatable bonds is 8. The zero-order valence-corrected chi connectivity index (χ0v) is 15.0. The monoisotopic (exact) mass is 337 g/mol. The van der Waals surface area contributed by atoms with E-state index in [1.54, 1.807) is 7.11 Å². The number of H-pyrrole nitrogens is 1. The Balaban J connectivity index is 1.64. The first-order valence-corrected chi connectivity index (χ1v) is 8.84. The van der Waals surface area contributed by atoms with Crippen LogP contribution in [0.5, 0.6) is 5.75 Å². The number of methoxy groups -OCH3 is 1. The molecule has 0 spiro atoms. The number of nitrogens with two attached hydrogens (primary N) is 1. The molecule has 0 aliphatic heterocycles. The zero-order chi connectivity index (χ0) is 17.6. The van der Waals surface area contributed by atoms with Gasteiger partial charge in [-0.3, -0.25) is 0 Å². The van der Waals surface area contributed by atoms with Crippen molar-refractivity contribution in [1.29, 1.82) is 0 Å². The molecule has 0 aliphatic carbocycles. The summed E-state index contributed by atoms with van der Waals surface area (Å²) in [6.45, 7) is 3.67. The summed E-state index contributed by atoms with van der Waals surface area (Å²) < 4.78 is 5.37. The summed E-state index contributed by atoms with van der Waals surface area (Å²) in [6, 6.07) is 17.0. The van der Waals surface area contributed by atoms with Gasteiger partial charge in [0, 0.05) is 29.2 Å². The molecule has 25 heavy (non-hydrogen) atoms. The Kier molecular flexibility index (Phi) is 5.74. The van der Waals surface area contributed by atoms with Gasteiger partial charge in [-0.1, -0.05) is 30.3 Å². The lowest BCUT2D eigenvalue weighted by Crippen LogP contribution is -2.39. The number of aromatic amines is 1. The maximum absolute atomic E-state index is 5.95. The first-order valence-electron chi connectivity index (χ1n) is 8.84. The molecule has 4 N–H and O–H groups in total. The van der Waals surface area contributed by atoms with Crippen LogP contribution in [0, 0.1) is 6.92 Å². The van der Waals surface area contributed by atoms with Crippen LogP contribution in [0.25, 0.3) is 10.9 Å². The van der Waals surface area contributed by atoms with Crippen LogP contribution in [0.3, 0.4) is 0 Å². The van der Waals surface area contributed by atoms with Crippen LogP contribution in [0.2, 0.25) is 0 Å². The Morgan fingerprint density at radius 3 is 2.68 bits per heavy atom. The third-order valence-corrected chi connectivity index (χ3v) is 4.74. The lowest BCUT2D eigenvalue weighted by atomic mass is 10.0. The summed E-state index contributed by atoms with van der Waals surface area (Å²) in [5.41, 5.74) is 11.0. The van der Waals surface area contributed by atoms with Gasteiger partial charge in [0.05, 0.1) is 7.11 Å². The molecule has 2 aromatic carbocycles. The van der Waals surface area contributed by atoms with Crippen molar-refractivity contribution in [2.45, 2.75) is 25.8 Å². The molecule has 1 atom stereocenters. The minimum absolute atomic E-state index is 0.294. The quantitative estimate of drug-likeness (QED) is 0.591. The highest BCUT2D eigenvalue weighted by molar-refractivity contribution is 5.86. The van der Waals surface area contributed by atoms with Crippen molar-refractivity contribution in [3.8, 4) is 5.75 Å². The van der Waals surface area contributed by atoms with Gasteiger partial charge >= 0.3 is 0 Å². The van der Waals surface area contributed by atoms with Crippen molar-refractivity contribution in [3.63, 3.8) is 0 Å². The summed E-state index contributed by atoms with van der Waals surface area (Å²) in [5.74, 6) is 0.893. The fourth-order valence-corrected chi connectivity index (χ4v) is 3.35. The maximum Gasteiger partial charge on any atom is 0.119 e. The molecule has 0 radical (unpaired) electrons. The SMILES string of the molecule is COc1ccc2[nH]c(C)c(CCNC(CN)Cc3ccccc3)c2c1. The molecule has 0 fully saturated rings. The molecule has 0 amide bonds. The van der Waals surface area contributed by atoms with E-state index in [0.717, 1.165) is 30.7 Å². The fourth-order valence-electron chi connectivity index (χ4n) is 3.35. The first kappa shape index (κ1) is 17.5. The van der Waals surface area contributed by atoms with E-state index in [1.165, 1.54) is 22.2 Å². The molecular formula is C21H27N3O. The van der Waals surface area contributed by atoms with E-state index in [2.05, 4.69) is 53.6 Å². The normalized spacial score (nSPS) is 12.4. The van der Waals surface area contributed by atoms with Crippen molar-refractivity contribution >= 4 is 10.9 Å².